The van der Waals surface area contributed by atoms with Gasteiger partial charge >= 0.3 is 5.97 Å². The highest BCUT2D eigenvalue weighted by molar-refractivity contribution is 9.09. The van der Waals surface area contributed by atoms with Crippen LogP contribution in [0.15, 0.2) is 86.0 Å². The molecule has 5 rings (SSSR count). The Labute approximate surface area is 283 Å². The molecule has 0 aromatic heterocycles. The number of esters is 1. The highest BCUT2D eigenvalue weighted by Gasteiger charge is 2.77. The molecule has 3 saturated heterocycles. The summed E-state index contributed by atoms with van der Waals surface area (Å²) in [5.74, 6) is -3.48. The number of carbonyl (C=O) groups is 4. The van der Waals surface area contributed by atoms with Gasteiger partial charge < -0.3 is 29.7 Å². The summed E-state index contributed by atoms with van der Waals surface area (Å²) in [6.07, 6.45) is 3.56. The maximum Gasteiger partial charge on any atom is 0.306 e. The summed E-state index contributed by atoms with van der Waals surface area (Å²) in [5.41, 5.74) is 0.342. The Morgan fingerprint density at radius 2 is 1.83 bits per heavy atom. The fraction of sp³-hybridized carbons (Fsp3) is 0.444. The molecule has 1 spiro atoms. The van der Waals surface area contributed by atoms with Crippen LogP contribution in [0.3, 0.4) is 0 Å². The molecule has 11 heteroatoms. The number of hydrogen-bond donors (Lipinski definition) is 2. The molecular formula is C36H42BrN3O7. The van der Waals surface area contributed by atoms with Crippen LogP contribution in [0, 0.1) is 11.8 Å². The number of carbonyl (C=O) groups excluding carboxylic acids is 4. The highest BCUT2D eigenvalue weighted by Crippen LogP contribution is 2.60. The van der Waals surface area contributed by atoms with E-state index in [4.69, 9.17) is 9.47 Å². The summed E-state index contributed by atoms with van der Waals surface area (Å²) in [7, 11) is 0. The van der Waals surface area contributed by atoms with Gasteiger partial charge in [0, 0.05) is 24.3 Å². The van der Waals surface area contributed by atoms with Gasteiger partial charge in [-0.25, -0.2) is 0 Å². The third kappa shape index (κ3) is 6.79. The fourth-order valence-corrected chi connectivity index (χ4v) is 8.16. The summed E-state index contributed by atoms with van der Waals surface area (Å²) >= 11 is 3.71. The van der Waals surface area contributed by atoms with Gasteiger partial charge in [-0.1, -0.05) is 88.7 Å². The van der Waals surface area contributed by atoms with Crippen LogP contribution in [0.1, 0.15) is 43.4 Å². The number of amides is 3. The Morgan fingerprint density at radius 1 is 1.15 bits per heavy atom. The van der Waals surface area contributed by atoms with Crippen molar-refractivity contribution in [2.45, 2.75) is 67.4 Å². The van der Waals surface area contributed by atoms with Gasteiger partial charge in [0.05, 0.1) is 36.6 Å². The molecule has 3 amide bonds. The SMILES string of the molecule is C=CCCC(=O)OC[C@@H](NC(=O)[C@@H]1[C@H]2O[C@@]3(CC2Br)[C@H](C(=O)N(CC=C)Cc2ccccc2)N([C@H](C)CO)C(=O)[C@@H]13)c1ccccc1. The van der Waals surface area contributed by atoms with Crippen molar-refractivity contribution in [2.24, 2.45) is 11.8 Å². The molecule has 2 N–H and O–H groups in total. The fourth-order valence-electron chi connectivity index (χ4n) is 7.22. The lowest BCUT2D eigenvalue weighted by Gasteiger charge is -2.38. The summed E-state index contributed by atoms with van der Waals surface area (Å²) in [4.78, 5) is 58.3. The number of likely N-dealkylation sites (tertiary alicyclic amines) is 1. The molecule has 2 aromatic carbocycles. The van der Waals surface area contributed by atoms with E-state index in [-0.39, 0.29) is 43.5 Å². The molecule has 47 heavy (non-hydrogen) atoms. The topological polar surface area (TPSA) is 125 Å². The predicted molar refractivity (Wildman–Crippen MR) is 179 cm³/mol. The van der Waals surface area contributed by atoms with E-state index in [1.54, 1.807) is 24.0 Å². The molecule has 10 nitrogen and oxygen atoms in total. The number of benzene rings is 2. The maximum absolute atomic E-state index is 14.6. The van der Waals surface area contributed by atoms with E-state index >= 15 is 0 Å². The van der Waals surface area contributed by atoms with Crippen LogP contribution in [-0.2, 0) is 35.2 Å². The van der Waals surface area contributed by atoms with Gasteiger partial charge in [0.2, 0.25) is 17.7 Å². The summed E-state index contributed by atoms with van der Waals surface area (Å²) in [6.45, 7) is 9.21. The second-order valence-corrected chi connectivity index (χ2v) is 13.6. The van der Waals surface area contributed by atoms with E-state index in [9.17, 15) is 24.3 Å². The number of aliphatic hydroxyl groups is 1. The predicted octanol–water partition coefficient (Wildman–Crippen LogP) is 3.70. The van der Waals surface area contributed by atoms with Crippen molar-refractivity contribution in [3.05, 3.63) is 97.1 Å². The number of allylic oxidation sites excluding steroid dienone is 1. The summed E-state index contributed by atoms with van der Waals surface area (Å²) in [5, 5.41) is 13.3. The van der Waals surface area contributed by atoms with Crippen LogP contribution < -0.4 is 5.32 Å². The number of aliphatic hydroxyl groups excluding tert-OH is 1. The van der Waals surface area contributed by atoms with Gasteiger partial charge in [-0.2, -0.15) is 0 Å². The van der Waals surface area contributed by atoms with Crippen LogP contribution in [0.4, 0.5) is 0 Å². The first-order valence-corrected chi connectivity index (χ1v) is 16.9. The van der Waals surface area contributed by atoms with Crippen molar-refractivity contribution in [3.8, 4) is 0 Å². The third-order valence-corrected chi connectivity index (χ3v) is 10.2. The molecule has 2 aromatic rings. The lowest BCUT2D eigenvalue weighted by Crippen LogP contribution is -2.58. The molecule has 0 saturated carbocycles. The normalized spacial score (nSPS) is 27.1. The highest BCUT2D eigenvalue weighted by atomic mass is 79.9. The van der Waals surface area contributed by atoms with E-state index in [2.05, 4.69) is 34.4 Å². The van der Waals surface area contributed by atoms with Crippen LogP contribution >= 0.6 is 15.9 Å². The second kappa shape index (κ2) is 15.0. The molecule has 1 unspecified atom stereocenters. The molecule has 0 aliphatic carbocycles. The minimum absolute atomic E-state index is 0.101. The number of rotatable bonds is 15. The van der Waals surface area contributed by atoms with Crippen molar-refractivity contribution >= 4 is 39.6 Å². The average Bonchev–Trinajstić information content (AvgIpc) is 3.68. The molecule has 2 bridgehead atoms. The van der Waals surface area contributed by atoms with Gasteiger partial charge in [-0.15, -0.1) is 13.2 Å². The first kappa shape index (κ1) is 34.5. The molecule has 250 valence electrons. The Kier molecular flexibility index (Phi) is 11.0. The van der Waals surface area contributed by atoms with E-state index in [0.717, 1.165) is 11.1 Å². The minimum atomic E-state index is -1.30. The smallest absolute Gasteiger partial charge is 0.306 e. The van der Waals surface area contributed by atoms with Crippen molar-refractivity contribution in [1.82, 2.24) is 15.1 Å². The molecule has 3 aliphatic rings. The van der Waals surface area contributed by atoms with E-state index in [1.165, 1.54) is 4.90 Å². The van der Waals surface area contributed by atoms with Crippen LogP contribution in [0.5, 0.6) is 0 Å². The molecule has 0 radical (unpaired) electrons. The van der Waals surface area contributed by atoms with Crippen molar-refractivity contribution in [1.29, 1.82) is 0 Å². The quantitative estimate of drug-likeness (QED) is 0.164. The van der Waals surface area contributed by atoms with Crippen LogP contribution in [0.25, 0.3) is 0 Å². The molecular weight excluding hydrogens is 666 g/mol. The van der Waals surface area contributed by atoms with Crippen molar-refractivity contribution < 1.29 is 33.8 Å². The van der Waals surface area contributed by atoms with Crippen LogP contribution in [0.2, 0.25) is 0 Å². The molecule has 3 aliphatic heterocycles. The Balaban J connectivity index is 1.46. The van der Waals surface area contributed by atoms with Gasteiger partial charge in [-0.05, 0) is 30.9 Å². The Hall–Kier alpha value is -3.80. The van der Waals surface area contributed by atoms with Gasteiger partial charge in [0.1, 0.15) is 18.2 Å². The first-order chi connectivity index (χ1) is 22.7. The number of nitrogens with one attached hydrogen (secondary N) is 1. The zero-order valence-electron chi connectivity index (χ0n) is 26.5. The zero-order chi connectivity index (χ0) is 33.7. The van der Waals surface area contributed by atoms with E-state index in [1.807, 2.05) is 60.7 Å². The number of ether oxygens (including phenoxy) is 2. The van der Waals surface area contributed by atoms with E-state index in [0.29, 0.717) is 12.8 Å². The Morgan fingerprint density at radius 3 is 2.47 bits per heavy atom. The summed E-state index contributed by atoms with van der Waals surface area (Å²) in [6, 6.07) is 16.2. The van der Waals surface area contributed by atoms with Crippen molar-refractivity contribution in [3.63, 3.8) is 0 Å². The number of halogens is 1. The number of hydrogen-bond acceptors (Lipinski definition) is 7. The van der Waals surface area contributed by atoms with Crippen molar-refractivity contribution in [2.75, 3.05) is 19.8 Å². The standard InChI is InChI=1S/C36H42BrN3O7/c1-4-6-17-28(42)46-22-27(25-15-11-8-12-16-25)38-33(43)29-30-34(44)40(23(3)21-41)32(36(30)19-26(37)31(29)47-36)35(45)39(18-5-2)20-24-13-9-7-10-14-24/h4-5,7-16,23,26-27,29-32,41H,1-2,6,17-22H2,3H3,(H,38,43)/t23-,26?,27-,29+,30-,31+,32+,36-/m1/s1. The zero-order valence-corrected chi connectivity index (χ0v) is 28.1. The first-order valence-electron chi connectivity index (χ1n) is 16.0. The Bertz CT molecular complexity index is 1470. The monoisotopic (exact) mass is 707 g/mol. The van der Waals surface area contributed by atoms with E-state index < -0.39 is 59.5 Å². The number of alkyl halides is 1. The number of nitrogens with zero attached hydrogens (tertiary/aromatic N) is 2. The largest absolute Gasteiger partial charge is 0.463 e. The lowest BCUT2D eigenvalue weighted by atomic mass is 9.70. The average molecular weight is 709 g/mol. The lowest BCUT2D eigenvalue weighted by molar-refractivity contribution is -0.151. The van der Waals surface area contributed by atoms with Crippen LogP contribution in [-0.4, -0.2) is 87.0 Å². The second-order valence-electron chi connectivity index (χ2n) is 12.4. The molecule has 3 fully saturated rings. The third-order valence-electron chi connectivity index (χ3n) is 9.36. The number of fused-ring (bicyclic) bond motifs is 1. The van der Waals surface area contributed by atoms with Gasteiger partial charge in [0.15, 0.2) is 0 Å². The van der Waals surface area contributed by atoms with Gasteiger partial charge in [-0.3, -0.25) is 19.2 Å². The molecule has 8 atom stereocenters. The van der Waals surface area contributed by atoms with Gasteiger partial charge in [0.25, 0.3) is 0 Å². The molecule has 3 heterocycles. The minimum Gasteiger partial charge on any atom is -0.463 e. The summed E-state index contributed by atoms with van der Waals surface area (Å²) < 4.78 is 12.2. The maximum atomic E-state index is 14.6.